The average molecular weight is 2070 g/mol. The fraction of sp³-hybridized carbons (Fsp3) is 0.100. The molecule has 2 aliphatic rings. The highest BCUT2D eigenvalue weighted by atomic mass is 35.5. The first kappa shape index (κ1) is 105. The Balaban J connectivity index is 0.000000117. The van der Waals surface area contributed by atoms with Crippen LogP contribution in [0.5, 0.6) is 0 Å². The van der Waals surface area contributed by atoms with E-state index in [2.05, 4.69) is 626 Å². The van der Waals surface area contributed by atoms with Crippen molar-refractivity contribution < 1.29 is 9.47 Å². The largest absolute Gasteiger partial charge is 0.350 e. The van der Waals surface area contributed by atoms with E-state index in [0.29, 0.717) is 13.2 Å². The maximum atomic E-state index is 6.14. The Labute approximate surface area is 894 Å². The lowest BCUT2D eigenvalue weighted by atomic mass is 10.2. The molecule has 0 spiro atoms. The molecule has 1 aliphatic carbocycles. The monoisotopic (exact) mass is 2060 g/mol. The molecule has 21 aromatic rings. The van der Waals surface area contributed by atoms with Crippen LogP contribution in [0.4, 0.5) is 0 Å². The van der Waals surface area contributed by atoms with Crippen LogP contribution in [0.3, 0.4) is 0 Å². The van der Waals surface area contributed by atoms with Crippen LogP contribution in [0.15, 0.2) is 631 Å². The summed E-state index contributed by atoms with van der Waals surface area (Å²) in [7, 11) is -10.4. The third-order valence-electron chi connectivity index (χ3n) is 28.4. The molecule has 0 radical (unpaired) electrons. The number of ether oxygens (including phenoxy) is 2. The third-order valence-corrected chi connectivity index (χ3v) is 55.6. The van der Waals surface area contributed by atoms with Gasteiger partial charge >= 0.3 is 0 Å². The van der Waals surface area contributed by atoms with E-state index in [9.17, 15) is 0 Å². The summed E-state index contributed by atoms with van der Waals surface area (Å²) >= 11 is 6.14. The van der Waals surface area contributed by atoms with Gasteiger partial charge in [-0.3, -0.25) is 0 Å². The summed E-state index contributed by atoms with van der Waals surface area (Å²) in [6.45, 7) is 3.70. The summed E-state index contributed by atoms with van der Waals surface area (Å²) in [4.78, 5) is 0. The van der Waals surface area contributed by atoms with Gasteiger partial charge < -0.3 is 9.47 Å². The van der Waals surface area contributed by atoms with Crippen molar-refractivity contribution in [1.29, 1.82) is 0 Å². The Morgan fingerprint density at radius 3 is 0.570 bits per heavy atom. The molecule has 1 aliphatic heterocycles. The molecule has 2 nitrogen and oxygen atoms in total. The summed E-state index contributed by atoms with van der Waals surface area (Å²) < 4.78 is 11.5. The minimum absolute atomic E-state index is 0.0782. The molecule has 0 N–H and O–H groups in total. The Hall–Kier alpha value is -13.6. The van der Waals surface area contributed by atoms with Crippen molar-refractivity contribution in [1.82, 2.24) is 0 Å². The van der Waals surface area contributed by atoms with E-state index in [1.54, 1.807) is 0 Å². The molecule has 2 fully saturated rings. The maximum Gasteiger partial charge on any atom is 0.161 e. The van der Waals surface area contributed by atoms with Gasteiger partial charge in [0.2, 0.25) is 0 Å². The minimum Gasteiger partial charge on any atom is -0.350 e. The molecule has 734 valence electrons. The summed E-state index contributed by atoms with van der Waals surface area (Å²) in [5.74, 6) is 0. The van der Waals surface area contributed by atoms with E-state index in [4.69, 9.17) is 21.1 Å². The van der Waals surface area contributed by atoms with Gasteiger partial charge in [0.05, 0.1) is 43.5 Å². The number of halogens is 1. The molecule has 149 heavy (non-hydrogen) atoms. The van der Waals surface area contributed by atoms with Gasteiger partial charge in [0.1, 0.15) is 144 Å². The SMILES string of the molecule is CCCC[P+](c1ccccc1)(c1ccccc1)c1ccccc1.Clc1ccc(C[P+](c2ccccc2)(c2ccccc2)c2ccccc2)cc1.c1ccc(C[P+](c2ccccc2)(c2ccccc2)c2ccccc2)cc1.c1ccc([P+](CCC2OCCO2)(c2ccccc2)c2ccccc2)cc1.c1ccc([P+](c2ccccc2)(c2ccccc2)C2CC2)cc1.c1ccc([P+](c2ccccc2)(c2ccccc2)c2ccccc2)cc1. The van der Waals surface area contributed by atoms with Gasteiger partial charge in [-0.1, -0.05) is 413 Å². The van der Waals surface area contributed by atoms with Crippen LogP contribution in [-0.2, 0) is 21.8 Å². The quantitative estimate of drug-likeness (QED) is 0.0418. The average Bonchev–Trinajstić information content (AvgIpc) is 1.46. The predicted octanol–water partition coefficient (Wildman–Crippen LogP) is 28.0. The van der Waals surface area contributed by atoms with Crippen LogP contribution in [0.25, 0.3) is 0 Å². The molecule has 9 heteroatoms. The fourth-order valence-electron chi connectivity index (χ4n) is 21.3. The summed E-state index contributed by atoms with van der Waals surface area (Å²) in [6, 6.07) is 229. The zero-order valence-electron chi connectivity index (χ0n) is 84.9. The molecule has 0 bridgehead atoms. The zero-order chi connectivity index (χ0) is 102. The third kappa shape index (κ3) is 24.9. The fourth-order valence-corrected chi connectivity index (χ4v) is 48.0. The number of unbranched alkanes of at least 4 members (excludes halogenated alkanes) is 1. The molecule has 21 aromatic carbocycles. The Morgan fingerprint density at radius 2 is 0.369 bits per heavy atom. The van der Waals surface area contributed by atoms with Crippen LogP contribution in [0.2, 0.25) is 5.02 Å². The highest BCUT2D eigenvalue weighted by Crippen LogP contribution is 2.68. The van der Waals surface area contributed by atoms with Crippen LogP contribution < -0.4 is 101 Å². The van der Waals surface area contributed by atoms with Crippen molar-refractivity contribution in [3.8, 4) is 0 Å². The van der Waals surface area contributed by atoms with Crippen LogP contribution >= 0.6 is 55.2 Å². The summed E-state index contributed by atoms with van der Waals surface area (Å²) in [5, 5.41) is 28.1. The predicted molar refractivity (Wildman–Crippen MR) is 660 cm³/mol. The lowest BCUT2D eigenvalue weighted by molar-refractivity contribution is -0.0423. The van der Waals surface area contributed by atoms with Crippen LogP contribution in [0.1, 0.15) is 50.2 Å². The highest BCUT2D eigenvalue weighted by molar-refractivity contribution is 8.01. The van der Waals surface area contributed by atoms with Gasteiger partial charge in [-0.15, -0.1) is 0 Å². The molecular weight excluding hydrogens is 1930 g/mol. The summed E-state index contributed by atoms with van der Waals surface area (Å²) in [6.07, 6.45) is 10.3. The number of rotatable bonds is 30. The molecule has 0 unspecified atom stereocenters. The van der Waals surface area contributed by atoms with E-state index >= 15 is 0 Å². The standard InChI is InChI=1S/C25H21ClP.C25H22P.C24H20P.C23H24O2P.C22H24P.C21H20P/c26-22-18-16-21(17-19-22)20-27(23-10-4-1-5-11-23,24-12-6-2-7-13-24)25-14-8-3-9-15-25;1-5-13-22(14-6-1)21-26(23-15-7-2-8-16-23,24-17-9-3-10-18-24)25-19-11-4-12-20-25;1-5-13-21(14-6-1)25(22-15-7-2-8-16-22,23-17-9-3-10-18-23)24-19-11-4-12-20-24;1-4-10-20(11-5-1)26(21-12-6-2-7-13-21,22-14-8-3-9-15-22)19-16-23-24-17-18-25-23;1-2-3-19-23(20-13-7-4-8-14-20,21-15-9-5-10-16-21)22-17-11-6-12-18-22;1-4-10-18(11-5-1)22(21-16-17-21,19-12-6-2-7-13-19)20-14-8-3-9-15-20/h1-19H,20H2;1-20H,21H2;1-20H;1-15,23H,16-19H2;4-18H,2-3,19H2,1H3;1-15,21H,16-17H2/q6*+1. The molecule has 1 heterocycles. The van der Waals surface area contributed by atoms with Crippen molar-refractivity contribution in [3.63, 3.8) is 0 Å². The summed E-state index contributed by atoms with van der Waals surface area (Å²) in [5.41, 5.74) is 3.50. The van der Waals surface area contributed by atoms with Crippen LogP contribution in [0, 0.1) is 0 Å². The normalized spacial score (nSPS) is 12.5. The van der Waals surface area contributed by atoms with Gasteiger partial charge in [0, 0.05) is 11.4 Å². The van der Waals surface area contributed by atoms with E-state index in [0.717, 1.165) is 35.6 Å². The van der Waals surface area contributed by atoms with Gasteiger partial charge in [-0.25, -0.2) is 0 Å². The zero-order valence-corrected chi connectivity index (χ0v) is 91.0. The second-order valence-electron chi connectivity index (χ2n) is 37.4. The van der Waals surface area contributed by atoms with Crippen molar-refractivity contribution >= 4 is 156 Å². The maximum absolute atomic E-state index is 6.14. The number of benzene rings is 21. The Morgan fingerprint density at radius 1 is 0.195 bits per heavy atom. The van der Waals surface area contributed by atoms with Crippen molar-refractivity contribution in [2.75, 3.05) is 25.5 Å². The van der Waals surface area contributed by atoms with Crippen LogP contribution in [-0.4, -0.2) is 37.5 Å². The first-order valence-electron chi connectivity index (χ1n) is 52.2. The van der Waals surface area contributed by atoms with Gasteiger partial charge in [0.15, 0.2) is 6.29 Å². The van der Waals surface area contributed by atoms with E-state index in [-0.39, 0.29) is 6.29 Å². The van der Waals surface area contributed by atoms with Gasteiger partial charge in [-0.2, -0.15) is 0 Å². The first-order valence-corrected chi connectivity index (χ1v) is 64.1. The second kappa shape index (κ2) is 53.5. The van der Waals surface area contributed by atoms with Gasteiger partial charge in [-0.05, 0) is 273 Å². The lowest BCUT2D eigenvalue weighted by Crippen LogP contribution is -2.38. The van der Waals surface area contributed by atoms with E-state index < -0.39 is 43.6 Å². The minimum atomic E-state index is -1.91. The lowest BCUT2D eigenvalue weighted by Gasteiger charge is -2.28. The van der Waals surface area contributed by atoms with Crippen molar-refractivity contribution in [2.24, 2.45) is 0 Å². The number of hydrogen-bond acceptors (Lipinski definition) is 2. The van der Waals surface area contributed by atoms with Crippen molar-refractivity contribution in [3.05, 3.63) is 647 Å². The molecule has 0 aromatic heterocycles. The first-order chi connectivity index (χ1) is 73.8. The molecule has 1 saturated heterocycles. The smallest absolute Gasteiger partial charge is 0.161 e. The Kier molecular flexibility index (Phi) is 37.8. The molecule has 0 amide bonds. The van der Waals surface area contributed by atoms with E-state index in [1.807, 2.05) is 12.1 Å². The molecule has 0 atom stereocenters. The highest BCUT2D eigenvalue weighted by Gasteiger charge is 2.58. The topological polar surface area (TPSA) is 18.5 Å². The molecule has 23 rings (SSSR count). The number of hydrogen-bond donors (Lipinski definition) is 0. The second-order valence-corrected chi connectivity index (χ2v) is 59.2. The molecule has 1 saturated carbocycles. The van der Waals surface area contributed by atoms with Gasteiger partial charge in [0.25, 0.3) is 0 Å². The Bertz CT molecular complexity index is 6750. The molecular formula is C140H131ClO2P6+6. The van der Waals surface area contributed by atoms with Crippen molar-refractivity contribution in [2.45, 2.75) is 63.3 Å². The van der Waals surface area contributed by atoms with E-state index in [1.165, 1.54) is 144 Å².